The Morgan fingerprint density at radius 2 is 1.81 bits per heavy atom. The number of thiocarbonyl (C=S) groups is 1. The molecule has 0 saturated heterocycles. The Labute approximate surface area is 197 Å². The predicted octanol–water partition coefficient (Wildman–Crippen LogP) is 5.82. The molecule has 0 aromatic heterocycles. The second kappa shape index (κ2) is 9.05. The highest BCUT2D eigenvalue weighted by molar-refractivity contribution is 7.92. The number of halogens is 2. The zero-order chi connectivity index (χ0) is 22.9. The first-order chi connectivity index (χ1) is 15.3. The van der Waals surface area contributed by atoms with Crippen molar-refractivity contribution in [3.05, 3.63) is 83.1 Å². The fourth-order valence-corrected chi connectivity index (χ4v) is 5.86. The van der Waals surface area contributed by atoms with E-state index in [0.717, 1.165) is 0 Å². The molecule has 5 nitrogen and oxygen atoms in total. The minimum Gasteiger partial charge on any atom is -0.332 e. The molecule has 1 aliphatic heterocycles. The standard InChI is InChI=1S/C23H21ClFN3O2S2/c1-15-6-7-16-14-17(25)8-13-22(16)28(15)32(29,30)19-11-9-18(10-12-19)26-23(31)27-21-5-3-2-4-20(21)24/h2-5,8-15H,6-7H2,1H3,(H2,26,27,31)/t15-/m0/s1. The molecule has 32 heavy (non-hydrogen) atoms. The summed E-state index contributed by atoms with van der Waals surface area (Å²) in [6, 6.07) is 17.6. The van der Waals surface area contributed by atoms with Crippen molar-refractivity contribution < 1.29 is 12.8 Å². The molecule has 1 heterocycles. The Kier molecular flexibility index (Phi) is 6.37. The summed E-state index contributed by atoms with van der Waals surface area (Å²) < 4.78 is 41.9. The van der Waals surface area contributed by atoms with E-state index in [-0.39, 0.29) is 16.8 Å². The van der Waals surface area contributed by atoms with Gasteiger partial charge in [-0.2, -0.15) is 0 Å². The summed E-state index contributed by atoms with van der Waals surface area (Å²) in [7, 11) is -3.82. The summed E-state index contributed by atoms with van der Waals surface area (Å²) in [5, 5.41) is 6.89. The molecule has 9 heteroatoms. The Hall–Kier alpha value is -2.68. The summed E-state index contributed by atoms with van der Waals surface area (Å²) in [4.78, 5) is 0.150. The molecule has 0 amide bonds. The maximum atomic E-state index is 13.6. The van der Waals surface area contributed by atoms with Crippen LogP contribution in [0.1, 0.15) is 18.9 Å². The molecule has 3 aromatic rings. The van der Waals surface area contributed by atoms with Crippen LogP contribution in [0.25, 0.3) is 0 Å². The number of sulfonamides is 1. The molecule has 0 saturated carbocycles. The van der Waals surface area contributed by atoms with Crippen LogP contribution in [0.2, 0.25) is 5.02 Å². The van der Waals surface area contributed by atoms with Gasteiger partial charge in [0.25, 0.3) is 10.0 Å². The second-order valence-corrected chi connectivity index (χ2v) is 10.2. The van der Waals surface area contributed by atoms with Gasteiger partial charge in [0, 0.05) is 11.7 Å². The van der Waals surface area contributed by atoms with Crippen molar-refractivity contribution >= 4 is 56.0 Å². The van der Waals surface area contributed by atoms with E-state index in [1.54, 1.807) is 24.3 Å². The van der Waals surface area contributed by atoms with E-state index in [2.05, 4.69) is 10.6 Å². The van der Waals surface area contributed by atoms with Crippen LogP contribution in [0.15, 0.2) is 71.6 Å². The Balaban J connectivity index is 1.54. The molecule has 166 valence electrons. The monoisotopic (exact) mass is 489 g/mol. The highest BCUT2D eigenvalue weighted by atomic mass is 35.5. The van der Waals surface area contributed by atoms with E-state index in [9.17, 15) is 12.8 Å². The van der Waals surface area contributed by atoms with Gasteiger partial charge in [-0.3, -0.25) is 4.31 Å². The summed E-state index contributed by atoms with van der Waals surface area (Å²) in [5.41, 5.74) is 2.51. The molecule has 0 unspecified atom stereocenters. The number of para-hydroxylation sites is 1. The number of fused-ring (bicyclic) bond motifs is 1. The third-order valence-corrected chi connectivity index (χ3v) is 7.78. The third-order valence-electron chi connectivity index (χ3n) is 5.30. The van der Waals surface area contributed by atoms with Gasteiger partial charge >= 0.3 is 0 Å². The Morgan fingerprint density at radius 3 is 2.53 bits per heavy atom. The zero-order valence-electron chi connectivity index (χ0n) is 17.2. The van der Waals surface area contributed by atoms with Gasteiger partial charge in [-0.1, -0.05) is 23.7 Å². The average Bonchev–Trinajstić information content (AvgIpc) is 2.75. The zero-order valence-corrected chi connectivity index (χ0v) is 19.6. The lowest BCUT2D eigenvalue weighted by molar-refractivity contribution is 0.560. The highest BCUT2D eigenvalue weighted by Gasteiger charge is 2.33. The molecular weight excluding hydrogens is 469 g/mol. The van der Waals surface area contributed by atoms with Crippen molar-refractivity contribution in [2.24, 2.45) is 0 Å². The van der Waals surface area contributed by atoms with Crippen molar-refractivity contribution in [2.45, 2.75) is 30.7 Å². The molecule has 4 rings (SSSR count). The molecule has 0 bridgehead atoms. The fraction of sp³-hybridized carbons (Fsp3) is 0.174. The molecule has 0 spiro atoms. The Morgan fingerprint density at radius 1 is 1.09 bits per heavy atom. The van der Waals surface area contributed by atoms with Crippen molar-refractivity contribution in [3.8, 4) is 0 Å². The van der Waals surface area contributed by atoms with Crippen LogP contribution in [-0.4, -0.2) is 19.6 Å². The first kappa shape index (κ1) is 22.5. The van der Waals surface area contributed by atoms with E-state index < -0.39 is 10.0 Å². The lowest BCUT2D eigenvalue weighted by atomic mass is 9.99. The van der Waals surface area contributed by atoms with Gasteiger partial charge in [0.2, 0.25) is 0 Å². The number of aryl methyl sites for hydroxylation is 1. The minimum atomic E-state index is -3.82. The van der Waals surface area contributed by atoms with Crippen molar-refractivity contribution in [1.29, 1.82) is 0 Å². The number of benzene rings is 3. The van der Waals surface area contributed by atoms with E-state index in [1.165, 1.54) is 34.6 Å². The number of anilines is 3. The van der Waals surface area contributed by atoms with E-state index in [1.807, 2.05) is 19.1 Å². The first-order valence-corrected chi connectivity index (χ1v) is 12.2. The lowest BCUT2D eigenvalue weighted by Gasteiger charge is -2.36. The van der Waals surface area contributed by atoms with Crippen molar-refractivity contribution in [2.75, 3.05) is 14.9 Å². The normalized spacial score (nSPS) is 15.7. The van der Waals surface area contributed by atoms with Crippen LogP contribution in [0.3, 0.4) is 0 Å². The number of hydrogen-bond donors (Lipinski definition) is 2. The molecule has 1 aliphatic rings. The predicted molar refractivity (Wildman–Crippen MR) is 132 cm³/mol. The van der Waals surface area contributed by atoms with Gasteiger partial charge in [0.05, 0.1) is 21.3 Å². The van der Waals surface area contributed by atoms with E-state index in [4.69, 9.17) is 23.8 Å². The van der Waals surface area contributed by atoms with Crippen LogP contribution < -0.4 is 14.9 Å². The van der Waals surface area contributed by atoms with E-state index in [0.29, 0.717) is 45.6 Å². The molecular formula is C23H21ClFN3O2S2. The lowest BCUT2D eigenvalue weighted by Crippen LogP contribution is -2.42. The van der Waals surface area contributed by atoms with Gasteiger partial charge in [-0.25, -0.2) is 12.8 Å². The van der Waals surface area contributed by atoms with Gasteiger partial charge in [0.15, 0.2) is 5.11 Å². The fourth-order valence-electron chi connectivity index (χ4n) is 3.73. The van der Waals surface area contributed by atoms with Crippen LogP contribution in [-0.2, 0) is 16.4 Å². The third kappa shape index (κ3) is 4.57. The minimum absolute atomic E-state index is 0.150. The van der Waals surface area contributed by atoms with E-state index >= 15 is 0 Å². The maximum Gasteiger partial charge on any atom is 0.264 e. The first-order valence-electron chi connectivity index (χ1n) is 10.0. The van der Waals surface area contributed by atoms with Crippen molar-refractivity contribution in [3.63, 3.8) is 0 Å². The van der Waals surface area contributed by atoms with Crippen LogP contribution >= 0.6 is 23.8 Å². The van der Waals surface area contributed by atoms with Gasteiger partial charge < -0.3 is 10.6 Å². The van der Waals surface area contributed by atoms with Gasteiger partial charge in [-0.05, 0) is 92.1 Å². The number of rotatable bonds is 4. The molecule has 0 radical (unpaired) electrons. The van der Waals surface area contributed by atoms with Crippen molar-refractivity contribution in [1.82, 2.24) is 0 Å². The number of nitrogens with one attached hydrogen (secondary N) is 2. The highest BCUT2D eigenvalue weighted by Crippen LogP contribution is 2.36. The summed E-state index contributed by atoms with van der Waals surface area (Å²) in [6.45, 7) is 1.86. The molecule has 1 atom stereocenters. The second-order valence-electron chi connectivity index (χ2n) is 7.54. The smallest absolute Gasteiger partial charge is 0.264 e. The molecule has 0 fully saturated rings. The Bertz CT molecular complexity index is 1270. The summed E-state index contributed by atoms with van der Waals surface area (Å²) >= 11 is 11.4. The van der Waals surface area contributed by atoms with Gasteiger partial charge in [-0.15, -0.1) is 0 Å². The molecule has 3 aromatic carbocycles. The topological polar surface area (TPSA) is 61.4 Å². The van der Waals surface area contributed by atoms with Crippen LogP contribution in [0, 0.1) is 5.82 Å². The largest absolute Gasteiger partial charge is 0.332 e. The quantitative estimate of drug-likeness (QED) is 0.452. The SMILES string of the molecule is C[C@H]1CCc2cc(F)ccc2N1S(=O)(=O)c1ccc(NC(=S)Nc2ccccc2Cl)cc1. The maximum absolute atomic E-state index is 13.6. The summed E-state index contributed by atoms with van der Waals surface area (Å²) in [6.07, 6.45) is 1.26. The average molecular weight is 490 g/mol. The number of hydrogen-bond acceptors (Lipinski definition) is 3. The van der Waals surface area contributed by atoms with Crippen LogP contribution in [0.5, 0.6) is 0 Å². The van der Waals surface area contributed by atoms with Gasteiger partial charge in [0.1, 0.15) is 5.82 Å². The molecule has 0 aliphatic carbocycles. The van der Waals surface area contributed by atoms with Crippen LogP contribution in [0.4, 0.5) is 21.5 Å². The summed E-state index contributed by atoms with van der Waals surface area (Å²) in [5.74, 6) is -0.368. The molecule has 2 N–H and O–H groups in total. The number of nitrogens with zero attached hydrogens (tertiary/aromatic N) is 1.